The van der Waals surface area contributed by atoms with E-state index in [0.29, 0.717) is 6.42 Å². The zero-order chi connectivity index (χ0) is 22.4. The molecule has 1 aliphatic heterocycles. The number of alkyl halides is 1. The van der Waals surface area contributed by atoms with E-state index in [2.05, 4.69) is 28.6 Å². The van der Waals surface area contributed by atoms with Gasteiger partial charge in [0.15, 0.2) is 0 Å². The van der Waals surface area contributed by atoms with Crippen LogP contribution >= 0.6 is 0 Å². The molecular formula is C26H29FN2O3. The molecule has 2 heterocycles. The summed E-state index contributed by atoms with van der Waals surface area (Å²) in [5, 5.41) is 10.6. The third-order valence-electron chi connectivity index (χ3n) is 7.12. The highest BCUT2D eigenvalue weighted by Crippen LogP contribution is 2.46. The van der Waals surface area contributed by atoms with E-state index in [1.165, 1.54) is 0 Å². The molecule has 32 heavy (non-hydrogen) atoms. The second-order valence-electron chi connectivity index (χ2n) is 9.12. The Bertz CT molecular complexity index is 1190. The molecule has 0 amide bonds. The van der Waals surface area contributed by atoms with Crippen molar-refractivity contribution in [1.29, 1.82) is 0 Å². The standard InChI is InChI=1S/C26H29FN2O3/c1-28-11-12-29-23-14-16(26(30)31)7-9-21(23)24(20-5-3-4-6-22(20)27)25(29)19-10-8-18(32-2)13-17(19)15-28/h7-10,13-14,20,22H,3-6,11-12,15H2,1-2H3,(H,30,31)/t20-,22-/m0/s1. The number of aromatic carboxylic acids is 1. The normalized spacial score (nSPS) is 21.5. The molecule has 1 fully saturated rings. The lowest BCUT2D eigenvalue weighted by Crippen LogP contribution is -2.26. The number of ether oxygens (including phenoxy) is 1. The van der Waals surface area contributed by atoms with Gasteiger partial charge in [0.1, 0.15) is 11.9 Å². The van der Waals surface area contributed by atoms with E-state index in [1.54, 1.807) is 19.2 Å². The van der Waals surface area contributed by atoms with E-state index in [4.69, 9.17) is 4.74 Å². The van der Waals surface area contributed by atoms with Gasteiger partial charge in [-0.25, -0.2) is 9.18 Å². The number of benzene rings is 2. The lowest BCUT2D eigenvalue weighted by Gasteiger charge is -2.29. The van der Waals surface area contributed by atoms with E-state index in [-0.39, 0.29) is 11.5 Å². The summed E-state index contributed by atoms with van der Waals surface area (Å²) >= 11 is 0. The van der Waals surface area contributed by atoms with E-state index < -0.39 is 12.1 Å². The number of likely N-dealkylation sites (N-methyl/N-ethyl adjacent to an activating group) is 1. The van der Waals surface area contributed by atoms with Gasteiger partial charge < -0.3 is 19.3 Å². The van der Waals surface area contributed by atoms with Crippen LogP contribution in [0.4, 0.5) is 4.39 Å². The number of fused-ring (bicyclic) bond motifs is 5. The molecule has 0 spiro atoms. The minimum Gasteiger partial charge on any atom is -0.497 e. The fourth-order valence-corrected chi connectivity index (χ4v) is 5.52. The van der Waals surface area contributed by atoms with Crippen molar-refractivity contribution >= 4 is 16.9 Å². The van der Waals surface area contributed by atoms with Crippen LogP contribution in [0, 0.1) is 0 Å². The SMILES string of the molecule is COc1ccc2c(c1)CN(C)CCn1c-2c([C@H]2CCCC[C@@H]2F)c2ccc(C(=O)O)cc21. The van der Waals surface area contributed by atoms with Crippen LogP contribution in [0.2, 0.25) is 0 Å². The third kappa shape index (κ3) is 3.47. The van der Waals surface area contributed by atoms with E-state index in [9.17, 15) is 9.90 Å². The molecule has 1 aliphatic carbocycles. The Kier molecular flexibility index (Phi) is 5.41. The number of carboxylic acids is 1. The van der Waals surface area contributed by atoms with Crippen molar-refractivity contribution in [2.45, 2.75) is 50.9 Å². The Morgan fingerprint density at radius 3 is 2.69 bits per heavy atom. The molecule has 2 atom stereocenters. The number of hydrogen-bond donors (Lipinski definition) is 1. The maximum atomic E-state index is 15.3. The largest absolute Gasteiger partial charge is 0.497 e. The van der Waals surface area contributed by atoms with Crippen LogP contribution in [-0.4, -0.2) is 47.4 Å². The van der Waals surface area contributed by atoms with Crippen LogP contribution in [-0.2, 0) is 13.1 Å². The quantitative estimate of drug-likeness (QED) is 0.593. The molecule has 5 rings (SSSR count). The van der Waals surface area contributed by atoms with Crippen molar-refractivity contribution < 1.29 is 19.0 Å². The maximum absolute atomic E-state index is 15.3. The van der Waals surface area contributed by atoms with Crippen molar-refractivity contribution in [3.63, 3.8) is 0 Å². The van der Waals surface area contributed by atoms with Gasteiger partial charge in [-0.15, -0.1) is 0 Å². The summed E-state index contributed by atoms with van der Waals surface area (Å²) in [6.07, 6.45) is 2.46. The number of hydrogen-bond acceptors (Lipinski definition) is 3. The van der Waals surface area contributed by atoms with E-state index in [0.717, 1.165) is 77.9 Å². The van der Waals surface area contributed by atoms with Crippen molar-refractivity contribution in [2.24, 2.45) is 0 Å². The molecular weight excluding hydrogens is 407 g/mol. The maximum Gasteiger partial charge on any atom is 0.335 e. The molecule has 1 aromatic heterocycles. The molecule has 0 radical (unpaired) electrons. The van der Waals surface area contributed by atoms with Gasteiger partial charge in [0, 0.05) is 42.0 Å². The molecule has 0 saturated heterocycles. The predicted octanol–water partition coefficient (Wildman–Crippen LogP) is 5.46. The van der Waals surface area contributed by atoms with Gasteiger partial charge in [0.25, 0.3) is 0 Å². The molecule has 168 valence electrons. The number of rotatable bonds is 3. The minimum absolute atomic E-state index is 0.176. The van der Waals surface area contributed by atoms with Crippen LogP contribution < -0.4 is 4.74 Å². The summed E-state index contributed by atoms with van der Waals surface area (Å²) in [6, 6.07) is 11.4. The fourth-order valence-electron chi connectivity index (χ4n) is 5.52. The second kappa shape index (κ2) is 8.24. The lowest BCUT2D eigenvalue weighted by molar-refractivity contribution is 0.0697. The van der Waals surface area contributed by atoms with Gasteiger partial charge in [0.05, 0.1) is 18.4 Å². The number of methoxy groups -OCH3 is 1. The Morgan fingerprint density at radius 1 is 1.12 bits per heavy atom. The van der Waals surface area contributed by atoms with Crippen LogP contribution in [0.3, 0.4) is 0 Å². The number of carbonyl (C=O) groups is 1. The second-order valence-corrected chi connectivity index (χ2v) is 9.12. The summed E-state index contributed by atoms with van der Waals surface area (Å²) < 4.78 is 23.0. The van der Waals surface area contributed by atoms with Gasteiger partial charge in [-0.3, -0.25) is 0 Å². The average Bonchev–Trinajstić information content (AvgIpc) is 3.09. The summed E-state index contributed by atoms with van der Waals surface area (Å²) in [5.41, 5.74) is 5.45. The molecule has 2 aromatic carbocycles. The Labute approximate surface area is 187 Å². The first-order chi connectivity index (χ1) is 15.5. The van der Waals surface area contributed by atoms with Crippen molar-refractivity contribution in [2.75, 3.05) is 20.7 Å². The summed E-state index contributed by atoms with van der Waals surface area (Å²) in [6.45, 7) is 2.31. The Balaban J connectivity index is 1.85. The van der Waals surface area contributed by atoms with Crippen LogP contribution in [0.5, 0.6) is 5.75 Å². The number of nitrogens with zero attached hydrogens (tertiary/aromatic N) is 2. The average molecular weight is 437 g/mol. The number of carboxylic acid groups (broad SMARTS) is 1. The first-order valence-corrected chi connectivity index (χ1v) is 11.4. The molecule has 5 nitrogen and oxygen atoms in total. The molecule has 1 N–H and O–H groups in total. The van der Waals surface area contributed by atoms with Crippen LogP contribution in [0.25, 0.3) is 22.2 Å². The Hall–Kier alpha value is -2.86. The molecule has 0 bridgehead atoms. The zero-order valence-corrected chi connectivity index (χ0v) is 18.6. The molecule has 6 heteroatoms. The fraction of sp³-hybridized carbons (Fsp3) is 0.423. The van der Waals surface area contributed by atoms with Gasteiger partial charge in [0.2, 0.25) is 0 Å². The van der Waals surface area contributed by atoms with Crippen LogP contribution in [0.1, 0.15) is 53.1 Å². The van der Waals surface area contributed by atoms with Crippen molar-refractivity contribution in [1.82, 2.24) is 9.47 Å². The van der Waals surface area contributed by atoms with Crippen molar-refractivity contribution in [3.8, 4) is 17.0 Å². The molecule has 0 unspecified atom stereocenters. The minimum atomic E-state index is -0.946. The highest BCUT2D eigenvalue weighted by Gasteiger charge is 2.34. The van der Waals surface area contributed by atoms with Gasteiger partial charge >= 0.3 is 5.97 Å². The highest BCUT2D eigenvalue weighted by molar-refractivity contribution is 5.98. The van der Waals surface area contributed by atoms with Crippen LogP contribution in [0.15, 0.2) is 36.4 Å². The van der Waals surface area contributed by atoms with E-state index >= 15 is 4.39 Å². The lowest BCUT2D eigenvalue weighted by atomic mass is 9.80. The Morgan fingerprint density at radius 2 is 1.94 bits per heavy atom. The monoisotopic (exact) mass is 436 g/mol. The van der Waals surface area contributed by atoms with Crippen molar-refractivity contribution in [3.05, 3.63) is 53.1 Å². The first kappa shape index (κ1) is 21.0. The topological polar surface area (TPSA) is 54.7 Å². The third-order valence-corrected chi connectivity index (χ3v) is 7.12. The van der Waals surface area contributed by atoms with Gasteiger partial charge in [-0.2, -0.15) is 0 Å². The van der Waals surface area contributed by atoms with Gasteiger partial charge in [-0.05, 0) is 61.3 Å². The molecule has 2 aliphatic rings. The summed E-state index contributed by atoms with van der Waals surface area (Å²) in [5.74, 6) is -0.320. The number of halogens is 1. The predicted molar refractivity (Wildman–Crippen MR) is 123 cm³/mol. The summed E-state index contributed by atoms with van der Waals surface area (Å²) in [4.78, 5) is 14.0. The van der Waals surface area contributed by atoms with E-state index in [1.807, 2.05) is 12.1 Å². The highest BCUT2D eigenvalue weighted by atomic mass is 19.1. The first-order valence-electron chi connectivity index (χ1n) is 11.4. The molecule has 3 aromatic rings. The summed E-state index contributed by atoms with van der Waals surface area (Å²) in [7, 11) is 3.75. The smallest absolute Gasteiger partial charge is 0.335 e. The zero-order valence-electron chi connectivity index (χ0n) is 18.6. The molecule has 1 saturated carbocycles. The number of aromatic nitrogens is 1. The van der Waals surface area contributed by atoms with Gasteiger partial charge in [-0.1, -0.05) is 18.9 Å².